The van der Waals surface area contributed by atoms with Crippen LogP contribution in [0.1, 0.15) is 17.2 Å². The number of nitrogens with one attached hydrogen (secondary N) is 1. The molecular weight excluding hydrogens is 326 g/mol. The number of nitrogens with zero attached hydrogens (tertiary/aromatic N) is 4. The first-order valence-electron chi connectivity index (χ1n) is 7.51. The number of benzene rings is 2. The number of amides is 1. The highest BCUT2D eigenvalue weighted by atomic mass is 35.5. The van der Waals surface area contributed by atoms with Crippen molar-refractivity contribution in [2.45, 2.75) is 19.0 Å². The lowest BCUT2D eigenvalue weighted by atomic mass is 10.1. The number of carbonyl (C=O) groups is 1. The largest absolute Gasteiger partial charge is 0.350 e. The number of aromatic nitrogens is 4. The van der Waals surface area contributed by atoms with E-state index in [0.717, 1.165) is 11.1 Å². The molecule has 1 N–H and O–H groups in total. The fraction of sp³-hybridized carbons (Fsp3) is 0.176. The molecule has 3 rings (SSSR count). The van der Waals surface area contributed by atoms with Crippen molar-refractivity contribution in [2.75, 3.05) is 0 Å². The highest BCUT2D eigenvalue weighted by Crippen LogP contribution is 2.16. The monoisotopic (exact) mass is 341 g/mol. The zero-order valence-corrected chi connectivity index (χ0v) is 13.6. The van der Waals surface area contributed by atoms with Crippen molar-refractivity contribution in [3.8, 4) is 0 Å². The average molecular weight is 342 g/mol. The second-order valence-electron chi connectivity index (χ2n) is 5.30. The Hall–Kier alpha value is -2.73. The Morgan fingerprint density at radius 2 is 1.88 bits per heavy atom. The van der Waals surface area contributed by atoms with Crippen molar-refractivity contribution in [3.05, 3.63) is 77.1 Å². The van der Waals surface area contributed by atoms with E-state index in [1.807, 2.05) is 48.5 Å². The minimum Gasteiger partial charge on any atom is -0.350 e. The second kappa shape index (κ2) is 7.70. The summed E-state index contributed by atoms with van der Waals surface area (Å²) in [7, 11) is 0. The van der Waals surface area contributed by atoms with Crippen LogP contribution in [0.3, 0.4) is 0 Å². The van der Waals surface area contributed by atoms with E-state index in [0.29, 0.717) is 18.0 Å². The predicted molar refractivity (Wildman–Crippen MR) is 90.3 cm³/mol. The Morgan fingerprint density at radius 1 is 1.12 bits per heavy atom. The summed E-state index contributed by atoms with van der Waals surface area (Å²) in [5, 5.41) is 14.7. The molecule has 0 saturated heterocycles. The summed E-state index contributed by atoms with van der Waals surface area (Å²) >= 11 is 6.13. The van der Waals surface area contributed by atoms with Crippen molar-refractivity contribution in [1.82, 2.24) is 25.5 Å². The van der Waals surface area contributed by atoms with Gasteiger partial charge in [-0.1, -0.05) is 60.1 Å². The standard InChI is InChI=1S/C17H16ClN5O/c18-15-9-5-4-8-14(15)11-19-17(24)16(23-12-20-21-22-23)10-13-6-2-1-3-7-13/h1-9,12,16H,10-11H2,(H,19,24). The van der Waals surface area contributed by atoms with Crippen LogP contribution in [0.15, 0.2) is 60.9 Å². The van der Waals surface area contributed by atoms with Crippen molar-refractivity contribution in [2.24, 2.45) is 0 Å². The highest BCUT2D eigenvalue weighted by Gasteiger charge is 2.22. The third-order valence-electron chi connectivity index (χ3n) is 3.67. The van der Waals surface area contributed by atoms with Crippen LogP contribution >= 0.6 is 11.6 Å². The molecule has 1 heterocycles. The Kier molecular flexibility index (Phi) is 5.18. The van der Waals surface area contributed by atoms with E-state index in [2.05, 4.69) is 20.8 Å². The summed E-state index contributed by atoms with van der Waals surface area (Å²) in [4.78, 5) is 12.7. The van der Waals surface area contributed by atoms with E-state index in [9.17, 15) is 4.79 Å². The molecule has 1 atom stereocenters. The molecule has 1 amide bonds. The zero-order valence-electron chi connectivity index (χ0n) is 12.8. The third kappa shape index (κ3) is 3.97. The predicted octanol–water partition coefficient (Wildman–Crippen LogP) is 2.43. The molecular formula is C17H16ClN5O. The van der Waals surface area contributed by atoms with Gasteiger partial charge in [-0.3, -0.25) is 4.79 Å². The summed E-state index contributed by atoms with van der Waals surface area (Å²) in [6.45, 7) is 0.353. The number of hydrogen-bond donors (Lipinski definition) is 1. The quantitative estimate of drug-likeness (QED) is 0.747. The molecule has 0 aliphatic carbocycles. The van der Waals surface area contributed by atoms with Gasteiger partial charge in [0, 0.05) is 18.0 Å². The molecule has 0 aliphatic rings. The topological polar surface area (TPSA) is 72.7 Å². The molecule has 24 heavy (non-hydrogen) atoms. The van der Waals surface area contributed by atoms with Crippen LogP contribution in [0.2, 0.25) is 5.02 Å². The van der Waals surface area contributed by atoms with Gasteiger partial charge in [-0.15, -0.1) is 5.10 Å². The van der Waals surface area contributed by atoms with E-state index >= 15 is 0 Å². The minimum absolute atomic E-state index is 0.161. The summed E-state index contributed by atoms with van der Waals surface area (Å²) in [6, 6.07) is 16.6. The van der Waals surface area contributed by atoms with Gasteiger partial charge in [0.1, 0.15) is 12.4 Å². The molecule has 0 aliphatic heterocycles. The molecule has 0 fully saturated rings. The third-order valence-corrected chi connectivity index (χ3v) is 4.04. The van der Waals surface area contributed by atoms with Crippen LogP contribution in [-0.2, 0) is 17.8 Å². The van der Waals surface area contributed by atoms with E-state index in [1.165, 1.54) is 11.0 Å². The van der Waals surface area contributed by atoms with Crippen LogP contribution < -0.4 is 5.32 Å². The molecule has 6 nitrogen and oxygen atoms in total. The highest BCUT2D eigenvalue weighted by molar-refractivity contribution is 6.31. The minimum atomic E-state index is -0.523. The maximum absolute atomic E-state index is 12.7. The van der Waals surface area contributed by atoms with Crippen molar-refractivity contribution in [3.63, 3.8) is 0 Å². The van der Waals surface area contributed by atoms with Crippen LogP contribution in [0.4, 0.5) is 0 Å². The Bertz CT molecular complexity index is 792. The molecule has 0 bridgehead atoms. The Labute approximate surface area is 144 Å². The molecule has 122 valence electrons. The van der Waals surface area contributed by atoms with Crippen molar-refractivity contribution >= 4 is 17.5 Å². The number of rotatable bonds is 6. The smallest absolute Gasteiger partial charge is 0.245 e. The van der Waals surface area contributed by atoms with Gasteiger partial charge in [-0.25, -0.2) is 4.68 Å². The van der Waals surface area contributed by atoms with Crippen LogP contribution in [-0.4, -0.2) is 26.1 Å². The van der Waals surface area contributed by atoms with Gasteiger partial charge in [-0.05, 0) is 27.6 Å². The van der Waals surface area contributed by atoms with Crippen LogP contribution in [0.5, 0.6) is 0 Å². The molecule has 0 saturated carbocycles. The Balaban J connectivity index is 1.73. The first-order chi connectivity index (χ1) is 11.7. The zero-order chi connectivity index (χ0) is 16.8. The summed E-state index contributed by atoms with van der Waals surface area (Å²) in [5.41, 5.74) is 1.90. The van der Waals surface area contributed by atoms with Gasteiger partial charge < -0.3 is 5.32 Å². The molecule has 3 aromatic rings. The van der Waals surface area contributed by atoms with Crippen molar-refractivity contribution < 1.29 is 4.79 Å². The van der Waals surface area contributed by atoms with E-state index in [-0.39, 0.29) is 5.91 Å². The molecule has 1 aromatic heterocycles. The lowest BCUT2D eigenvalue weighted by molar-refractivity contribution is -0.124. The number of halogens is 1. The maximum atomic E-state index is 12.7. The fourth-order valence-electron chi connectivity index (χ4n) is 2.40. The first-order valence-corrected chi connectivity index (χ1v) is 7.89. The lowest BCUT2D eigenvalue weighted by Crippen LogP contribution is -2.34. The molecule has 2 aromatic carbocycles. The van der Waals surface area contributed by atoms with Crippen LogP contribution in [0.25, 0.3) is 0 Å². The normalized spacial score (nSPS) is 11.9. The molecule has 0 spiro atoms. The van der Waals surface area contributed by atoms with Crippen molar-refractivity contribution in [1.29, 1.82) is 0 Å². The lowest BCUT2D eigenvalue weighted by Gasteiger charge is -2.16. The first kappa shape index (κ1) is 16.1. The van der Waals surface area contributed by atoms with Gasteiger partial charge >= 0.3 is 0 Å². The average Bonchev–Trinajstić information content (AvgIpc) is 3.14. The van der Waals surface area contributed by atoms with Gasteiger partial charge in [0.25, 0.3) is 0 Å². The fourth-order valence-corrected chi connectivity index (χ4v) is 2.60. The van der Waals surface area contributed by atoms with E-state index in [1.54, 1.807) is 6.07 Å². The van der Waals surface area contributed by atoms with Gasteiger partial charge in [0.15, 0.2) is 0 Å². The number of carbonyl (C=O) groups excluding carboxylic acids is 1. The maximum Gasteiger partial charge on any atom is 0.245 e. The SMILES string of the molecule is O=C(NCc1ccccc1Cl)C(Cc1ccccc1)n1cnnn1. The summed E-state index contributed by atoms with van der Waals surface area (Å²) in [5.74, 6) is -0.161. The van der Waals surface area contributed by atoms with E-state index in [4.69, 9.17) is 11.6 Å². The van der Waals surface area contributed by atoms with Gasteiger partial charge in [0.2, 0.25) is 5.91 Å². The van der Waals surface area contributed by atoms with E-state index < -0.39 is 6.04 Å². The Morgan fingerprint density at radius 3 is 2.58 bits per heavy atom. The van der Waals surface area contributed by atoms with Crippen LogP contribution in [0, 0.1) is 0 Å². The summed E-state index contributed by atoms with van der Waals surface area (Å²) in [6.07, 6.45) is 1.95. The van der Waals surface area contributed by atoms with Gasteiger partial charge in [-0.2, -0.15) is 0 Å². The number of hydrogen-bond acceptors (Lipinski definition) is 4. The second-order valence-corrected chi connectivity index (χ2v) is 5.71. The molecule has 1 unspecified atom stereocenters. The molecule has 7 heteroatoms. The summed E-state index contributed by atoms with van der Waals surface area (Å²) < 4.78 is 1.47. The van der Waals surface area contributed by atoms with Gasteiger partial charge in [0.05, 0.1) is 0 Å². The number of tetrazole rings is 1. The molecule has 0 radical (unpaired) electrons.